The molecule has 5 heteroatoms. The Balaban J connectivity index is 2.18. The lowest BCUT2D eigenvalue weighted by atomic mass is 10.1. The van der Waals surface area contributed by atoms with Crippen LogP contribution in [0.15, 0.2) is 59.1 Å². The molecule has 0 saturated heterocycles. The van der Waals surface area contributed by atoms with E-state index >= 15 is 0 Å². The third kappa shape index (κ3) is 4.43. The number of hydrogen-bond donors (Lipinski definition) is 0. The molecule has 0 fully saturated rings. The molecule has 0 aliphatic carbocycles. The molecule has 0 heterocycles. The Kier molecular flexibility index (Phi) is 5.11. The monoisotopic (exact) mass is 348 g/mol. The zero-order valence-electron chi connectivity index (χ0n) is 11.3. The summed E-state index contributed by atoms with van der Waals surface area (Å²) in [6.45, 7) is 1.25. The van der Waals surface area contributed by atoms with Gasteiger partial charge in [-0.3, -0.25) is 4.79 Å². The molecule has 0 aliphatic rings. The molecule has 0 amide bonds. The minimum absolute atomic E-state index is 0.385. The molecular weight excluding hydrogens is 336 g/mol. The highest BCUT2D eigenvalue weighted by Crippen LogP contribution is 2.22. The Hall–Kier alpha value is -2.14. The molecular formula is C16H13BrO4. The third-order valence-electron chi connectivity index (χ3n) is 2.63. The summed E-state index contributed by atoms with van der Waals surface area (Å²) in [5, 5.41) is 0. The van der Waals surface area contributed by atoms with Gasteiger partial charge in [0, 0.05) is 17.0 Å². The summed E-state index contributed by atoms with van der Waals surface area (Å²) in [6, 6.07) is 15.6. The molecule has 0 unspecified atom stereocenters. The summed E-state index contributed by atoms with van der Waals surface area (Å²) >= 11 is 3.30. The van der Waals surface area contributed by atoms with E-state index in [0.717, 1.165) is 4.47 Å². The summed E-state index contributed by atoms with van der Waals surface area (Å²) in [5.74, 6) is -0.799. The second-order valence-corrected chi connectivity index (χ2v) is 5.19. The SMILES string of the molecule is CC(=O)O[C@@H](C(=O)Oc1ccc(Br)cc1)c1ccccc1. The fraction of sp³-hybridized carbons (Fsp3) is 0.125. The molecule has 4 nitrogen and oxygen atoms in total. The quantitative estimate of drug-likeness (QED) is 0.624. The highest BCUT2D eigenvalue weighted by molar-refractivity contribution is 9.10. The summed E-state index contributed by atoms with van der Waals surface area (Å²) in [4.78, 5) is 23.4. The smallest absolute Gasteiger partial charge is 0.357 e. The van der Waals surface area contributed by atoms with Gasteiger partial charge in [-0.2, -0.15) is 0 Å². The van der Waals surface area contributed by atoms with Gasteiger partial charge < -0.3 is 9.47 Å². The fourth-order valence-corrected chi connectivity index (χ4v) is 1.98. The third-order valence-corrected chi connectivity index (χ3v) is 3.16. The fourth-order valence-electron chi connectivity index (χ4n) is 1.72. The van der Waals surface area contributed by atoms with E-state index in [0.29, 0.717) is 11.3 Å². The van der Waals surface area contributed by atoms with Crippen LogP contribution in [-0.2, 0) is 14.3 Å². The molecule has 2 aromatic rings. The van der Waals surface area contributed by atoms with E-state index in [4.69, 9.17) is 9.47 Å². The van der Waals surface area contributed by atoms with Crippen molar-refractivity contribution in [2.75, 3.05) is 0 Å². The molecule has 0 saturated carbocycles. The summed E-state index contributed by atoms with van der Waals surface area (Å²) in [7, 11) is 0. The highest BCUT2D eigenvalue weighted by Gasteiger charge is 2.25. The van der Waals surface area contributed by atoms with Crippen LogP contribution in [0.1, 0.15) is 18.6 Å². The molecule has 0 radical (unpaired) electrons. The number of esters is 2. The lowest BCUT2D eigenvalue weighted by molar-refractivity contribution is -0.161. The topological polar surface area (TPSA) is 52.6 Å². The van der Waals surface area contributed by atoms with Crippen molar-refractivity contribution < 1.29 is 19.1 Å². The first-order chi connectivity index (χ1) is 10.1. The van der Waals surface area contributed by atoms with Gasteiger partial charge in [0.1, 0.15) is 5.75 Å². The van der Waals surface area contributed by atoms with Crippen molar-refractivity contribution >= 4 is 27.9 Å². The van der Waals surface area contributed by atoms with E-state index in [2.05, 4.69) is 15.9 Å². The van der Waals surface area contributed by atoms with E-state index in [-0.39, 0.29) is 0 Å². The van der Waals surface area contributed by atoms with Gasteiger partial charge in [0.2, 0.25) is 6.10 Å². The minimum atomic E-state index is -1.08. The largest absolute Gasteiger partial charge is 0.446 e. The van der Waals surface area contributed by atoms with Crippen molar-refractivity contribution in [2.24, 2.45) is 0 Å². The maximum Gasteiger partial charge on any atom is 0.357 e. The van der Waals surface area contributed by atoms with Crippen molar-refractivity contribution in [1.29, 1.82) is 0 Å². The maximum atomic E-state index is 12.2. The zero-order chi connectivity index (χ0) is 15.2. The van der Waals surface area contributed by atoms with E-state index in [1.165, 1.54) is 6.92 Å². The van der Waals surface area contributed by atoms with Crippen LogP contribution >= 0.6 is 15.9 Å². The average molecular weight is 349 g/mol. The van der Waals surface area contributed by atoms with Crippen LogP contribution in [-0.4, -0.2) is 11.9 Å². The number of ether oxygens (including phenoxy) is 2. The van der Waals surface area contributed by atoms with Crippen LogP contribution in [0.3, 0.4) is 0 Å². The van der Waals surface area contributed by atoms with Gasteiger partial charge in [0.15, 0.2) is 0 Å². The predicted octanol–water partition coefficient (Wildman–Crippen LogP) is 3.66. The Morgan fingerprint density at radius 3 is 2.19 bits per heavy atom. The van der Waals surface area contributed by atoms with Gasteiger partial charge in [-0.1, -0.05) is 46.3 Å². The Labute approximate surface area is 130 Å². The first kappa shape index (κ1) is 15.3. The standard InChI is InChI=1S/C16H13BrO4/c1-11(18)20-15(12-5-3-2-4-6-12)16(19)21-14-9-7-13(17)8-10-14/h2-10,15H,1H3/t15-/m1/s1. The minimum Gasteiger partial charge on any atom is -0.446 e. The van der Waals surface area contributed by atoms with Crippen molar-refractivity contribution in [3.05, 3.63) is 64.6 Å². The molecule has 0 N–H and O–H groups in total. The van der Waals surface area contributed by atoms with Crippen molar-refractivity contribution in [1.82, 2.24) is 0 Å². The molecule has 0 aromatic heterocycles. The number of hydrogen-bond acceptors (Lipinski definition) is 4. The van der Waals surface area contributed by atoms with Crippen molar-refractivity contribution in [3.8, 4) is 5.75 Å². The number of carbonyl (C=O) groups excluding carboxylic acids is 2. The highest BCUT2D eigenvalue weighted by atomic mass is 79.9. The lowest BCUT2D eigenvalue weighted by Gasteiger charge is -2.16. The molecule has 0 spiro atoms. The van der Waals surface area contributed by atoms with E-state index in [1.54, 1.807) is 48.5 Å². The molecule has 0 bridgehead atoms. The maximum absolute atomic E-state index is 12.2. The number of halogens is 1. The Morgan fingerprint density at radius 2 is 1.62 bits per heavy atom. The van der Waals surface area contributed by atoms with Gasteiger partial charge in [0.25, 0.3) is 0 Å². The average Bonchev–Trinajstić information content (AvgIpc) is 2.48. The van der Waals surface area contributed by atoms with Crippen molar-refractivity contribution in [2.45, 2.75) is 13.0 Å². The first-order valence-electron chi connectivity index (χ1n) is 6.25. The number of benzene rings is 2. The zero-order valence-corrected chi connectivity index (χ0v) is 12.9. The van der Waals surface area contributed by atoms with Gasteiger partial charge in [-0.25, -0.2) is 4.79 Å². The van der Waals surface area contributed by atoms with E-state index in [9.17, 15) is 9.59 Å². The summed E-state index contributed by atoms with van der Waals surface area (Å²) in [5.41, 5.74) is 0.565. The molecule has 2 aromatic carbocycles. The Morgan fingerprint density at radius 1 is 1.00 bits per heavy atom. The number of carbonyl (C=O) groups is 2. The summed E-state index contributed by atoms with van der Waals surface area (Å²) < 4.78 is 11.2. The van der Waals surface area contributed by atoms with Gasteiger partial charge in [0.05, 0.1) is 0 Å². The van der Waals surface area contributed by atoms with Crippen LogP contribution in [0, 0.1) is 0 Å². The van der Waals surface area contributed by atoms with Crippen LogP contribution in [0.2, 0.25) is 0 Å². The van der Waals surface area contributed by atoms with Gasteiger partial charge in [-0.15, -0.1) is 0 Å². The van der Waals surface area contributed by atoms with Crippen LogP contribution < -0.4 is 4.74 Å². The normalized spacial score (nSPS) is 11.5. The van der Waals surface area contributed by atoms with Gasteiger partial charge in [-0.05, 0) is 24.3 Å². The molecule has 21 heavy (non-hydrogen) atoms. The molecule has 0 aliphatic heterocycles. The van der Waals surface area contributed by atoms with E-state index in [1.807, 2.05) is 6.07 Å². The van der Waals surface area contributed by atoms with Crippen LogP contribution in [0.5, 0.6) is 5.75 Å². The first-order valence-corrected chi connectivity index (χ1v) is 7.05. The molecule has 1 atom stereocenters. The second kappa shape index (κ2) is 7.04. The van der Waals surface area contributed by atoms with Crippen molar-refractivity contribution in [3.63, 3.8) is 0 Å². The Bertz CT molecular complexity index is 622. The van der Waals surface area contributed by atoms with Gasteiger partial charge >= 0.3 is 11.9 Å². The van der Waals surface area contributed by atoms with Crippen LogP contribution in [0.25, 0.3) is 0 Å². The predicted molar refractivity (Wildman–Crippen MR) is 80.7 cm³/mol. The van der Waals surface area contributed by atoms with E-state index < -0.39 is 18.0 Å². The van der Waals surface area contributed by atoms with Crippen LogP contribution in [0.4, 0.5) is 0 Å². The summed E-state index contributed by atoms with van der Waals surface area (Å²) in [6.07, 6.45) is -1.08. The molecule has 2 rings (SSSR count). The molecule has 108 valence electrons. The lowest BCUT2D eigenvalue weighted by Crippen LogP contribution is -2.23. The second-order valence-electron chi connectivity index (χ2n) is 4.28. The number of rotatable bonds is 4.